The molecule has 38 heavy (non-hydrogen) atoms. The number of unbranched alkanes of at least 4 members (excludes halogenated alkanes) is 24. The van der Waals surface area contributed by atoms with Gasteiger partial charge in [-0.3, -0.25) is 0 Å². The van der Waals surface area contributed by atoms with Crippen molar-refractivity contribution < 1.29 is 13.6 Å². The predicted octanol–water partition coefficient (Wildman–Crippen LogP) is 13.5. The van der Waals surface area contributed by atoms with Crippen molar-refractivity contribution in [3.63, 3.8) is 0 Å². The molecule has 0 saturated heterocycles. The average molecular weight is 577 g/mol. The fourth-order valence-corrected chi connectivity index (χ4v) is 8.32. The van der Waals surface area contributed by atoms with E-state index >= 15 is 0 Å². The van der Waals surface area contributed by atoms with E-state index in [1.54, 1.807) is 0 Å². The molecule has 0 rings (SSSR count). The van der Waals surface area contributed by atoms with Crippen LogP contribution in [0.15, 0.2) is 0 Å². The molecule has 5 heteroatoms. The second-order valence-electron chi connectivity index (χ2n) is 11.4. The van der Waals surface area contributed by atoms with Crippen molar-refractivity contribution in [2.24, 2.45) is 0 Å². The molecule has 0 N–H and O–H groups in total. The van der Waals surface area contributed by atoms with Gasteiger partial charge in [0.15, 0.2) is 0 Å². The van der Waals surface area contributed by atoms with Gasteiger partial charge in [-0.25, -0.2) is 4.57 Å². The summed E-state index contributed by atoms with van der Waals surface area (Å²) in [5.74, 6) is 0.892. The van der Waals surface area contributed by atoms with Crippen LogP contribution < -0.4 is 0 Å². The van der Waals surface area contributed by atoms with Crippen LogP contribution in [0.2, 0.25) is 0 Å². The van der Waals surface area contributed by atoms with E-state index in [9.17, 15) is 4.57 Å². The molecule has 0 aromatic heterocycles. The minimum atomic E-state index is -3.02. The molecule has 0 heterocycles. The zero-order valence-electron chi connectivity index (χ0n) is 26.3. The molecule has 0 aliphatic heterocycles. The largest absolute Gasteiger partial charge is 0.389 e. The first-order valence-electron chi connectivity index (χ1n) is 17.2. The summed E-state index contributed by atoms with van der Waals surface area (Å²) in [7, 11) is 0. The monoisotopic (exact) mass is 576 g/mol. The van der Waals surface area contributed by atoms with Crippen LogP contribution in [0.4, 0.5) is 0 Å². The van der Waals surface area contributed by atoms with Crippen LogP contribution in [0.5, 0.6) is 0 Å². The second kappa shape index (κ2) is 32.0. The maximum atomic E-state index is 13.4. The van der Waals surface area contributed by atoms with Crippen LogP contribution in [0.1, 0.15) is 194 Å². The lowest BCUT2D eigenvalue weighted by molar-refractivity contribution is 0.212. The normalized spacial score (nSPS) is 12.0. The Hall–Kier alpha value is 0.500. The van der Waals surface area contributed by atoms with Gasteiger partial charge in [-0.1, -0.05) is 175 Å². The van der Waals surface area contributed by atoms with Crippen molar-refractivity contribution in [1.82, 2.24) is 0 Å². The number of hydrogen-bond acceptors (Lipinski definition) is 4. The molecule has 0 atom stereocenters. The molecule has 0 bridgehead atoms. The minimum Gasteiger partial charge on any atom is -0.301 e. The zero-order chi connectivity index (χ0) is 27.8. The molecule has 230 valence electrons. The average Bonchev–Trinajstić information content (AvgIpc) is 2.92. The van der Waals surface area contributed by atoms with Gasteiger partial charge in [0.1, 0.15) is 0 Å². The van der Waals surface area contributed by atoms with Gasteiger partial charge in [-0.2, -0.15) is 0 Å². The highest BCUT2D eigenvalue weighted by Gasteiger charge is 2.25. The lowest BCUT2D eigenvalue weighted by Crippen LogP contribution is -1.99. The van der Waals surface area contributed by atoms with Crippen molar-refractivity contribution in [3.8, 4) is 0 Å². The summed E-state index contributed by atoms with van der Waals surface area (Å²) in [5.41, 5.74) is 0. The molecular formula is C33H69O3PS. The summed E-state index contributed by atoms with van der Waals surface area (Å²) in [6, 6.07) is 0. The Morgan fingerprint density at radius 2 is 0.658 bits per heavy atom. The molecular weight excluding hydrogens is 507 g/mol. The van der Waals surface area contributed by atoms with Gasteiger partial charge in [0.2, 0.25) is 0 Å². The van der Waals surface area contributed by atoms with Gasteiger partial charge in [0.05, 0.1) is 13.2 Å². The summed E-state index contributed by atoms with van der Waals surface area (Å²) >= 11 is 1.47. The molecule has 0 aliphatic carbocycles. The Labute approximate surface area is 244 Å². The highest BCUT2D eigenvalue weighted by molar-refractivity contribution is 8.55. The molecule has 0 saturated carbocycles. The van der Waals surface area contributed by atoms with E-state index in [4.69, 9.17) is 9.05 Å². The lowest BCUT2D eigenvalue weighted by Gasteiger charge is -2.18. The van der Waals surface area contributed by atoms with Crippen molar-refractivity contribution >= 4 is 18.2 Å². The van der Waals surface area contributed by atoms with Crippen LogP contribution in [0, 0.1) is 0 Å². The second-order valence-corrected chi connectivity index (χ2v) is 15.6. The molecule has 0 spiro atoms. The van der Waals surface area contributed by atoms with Crippen molar-refractivity contribution in [2.45, 2.75) is 194 Å². The molecule has 0 aromatic rings. The van der Waals surface area contributed by atoms with Crippen LogP contribution in [0.25, 0.3) is 0 Å². The zero-order valence-corrected chi connectivity index (χ0v) is 28.0. The summed E-state index contributed by atoms with van der Waals surface area (Å²) in [5, 5.41) is 0. The highest BCUT2D eigenvalue weighted by Crippen LogP contribution is 2.61. The van der Waals surface area contributed by atoms with E-state index in [1.807, 2.05) is 0 Å². The first-order valence-corrected chi connectivity index (χ1v) is 20.4. The molecule has 0 fully saturated rings. The van der Waals surface area contributed by atoms with Crippen molar-refractivity contribution in [1.29, 1.82) is 0 Å². The Kier molecular flexibility index (Phi) is 32.4. The molecule has 0 radical (unpaired) electrons. The third-order valence-corrected chi connectivity index (χ3v) is 11.4. The van der Waals surface area contributed by atoms with Crippen molar-refractivity contribution in [2.75, 3.05) is 19.0 Å². The van der Waals surface area contributed by atoms with Gasteiger partial charge in [0.25, 0.3) is 0 Å². The van der Waals surface area contributed by atoms with Crippen LogP contribution in [-0.4, -0.2) is 19.0 Å². The van der Waals surface area contributed by atoms with E-state index < -0.39 is 6.80 Å². The third-order valence-electron chi connectivity index (χ3n) is 7.49. The van der Waals surface area contributed by atoms with Gasteiger partial charge in [0, 0.05) is 5.75 Å². The first-order chi connectivity index (χ1) is 18.7. The summed E-state index contributed by atoms with van der Waals surface area (Å²) < 4.78 is 25.3. The minimum absolute atomic E-state index is 0.579. The fourth-order valence-electron chi connectivity index (χ4n) is 4.88. The van der Waals surface area contributed by atoms with Gasteiger partial charge in [-0.05, 0) is 30.6 Å². The standard InChI is InChI=1S/C33H69O3PS/c1-4-7-10-13-16-19-22-25-28-31-35-37(34,36-32-29-26-23-20-17-14-11-8-5-2)38-33-30-27-24-21-18-15-12-9-6-3/h4-33H2,1-3H3. The fraction of sp³-hybridized carbons (Fsp3) is 1.00. The van der Waals surface area contributed by atoms with Crippen LogP contribution in [-0.2, 0) is 13.6 Å². The maximum Gasteiger partial charge on any atom is 0.389 e. The van der Waals surface area contributed by atoms with E-state index in [0.717, 1.165) is 25.0 Å². The Bertz CT molecular complexity index is 422. The quantitative estimate of drug-likeness (QED) is 0.0575. The van der Waals surface area contributed by atoms with Gasteiger partial charge in [-0.15, -0.1) is 0 Å². The summed E-state index contributed by atoms with van der Waals surface area (Å²) in [4.78, 5) is 0. The molecule has 0 aliphatic rings. The Morgan fingerprint density at radius 1 is 0.395 bits per heavy atom. The van der Waals surface area contributed by atoms with Gasteiger partial charge < -0.3 is 9.05 Å². The van der Waals surface area contributed by atoms with Crippen LogP contribution >= 0.6 is 18.2 Å². The van der Waals surface area contributed by atoms with E-state index in [1.165, 1.54) is 165 Å². The maximum absolute atomic E-state index is 13.4. The highest BCUT2D eigenvalue weighted by atomic mass is 32.7. The molecule has 3 nitrogen and oxygen atoms in total. The third kappa shape index (κ3) is 29.5. The smallest absolute Gasteiger partial charge is 0.301 e. The lowest BCUT2D eigenvalue weighted by atomic mass is 10.1. The summed E-state index contributed by atoms with van der Waals surface area (Å²) in [6.45, 7) is 4.95. The molecule has 0 unspecified atom stereocenters. The number of rotatable bonds is 33. The topological polar surface area (TPSA) is 35.5 Å². The van der Waals surface area contributed by atoms with Crippen molar-refractivity contribution in [3.05, 3.63) is 0 Å². The molecule has 0 aromatic carbocycles. The Morgan fingerprint density at radius 3 is 0.974 bits per heavy atom. The first kappa shape index (κ1) is 38.5. The molecule has 0 amide bonds. The van der Waals surface area contributed by atoms with Crippen LogP contribution in [0.3, 0.4) is 0 Å². The Balaban J connectivity index is 4.07. The van der Waals surface area contributed by atoms with E-state index in [0.29, 0.717) is 13.2 Å². The predicted molar refractivity (Wildman–Crippen MR) is 174 cm³/mol. The summed E-state index contributed by atoms with van der Waals surface area (Å²) in [6.07, 6.45) is 35.0. The van der Waals surface area contributed by atoms with Gasteiger partial charge >= 0.3 is 6.80 Å². The number of hydrogen-bond donors (Lipinski definition) is 0. The van der Waals surface area contributed by atoms with E-state index in [-0.39, 0.29) is 0 Å². The SMILES string of the molecule is CCCCCCCCCCCOP(=O)(OCCCCCCCCCCC)SCCCCCCCCCCC. The van der Waals surface area contributed by atoms with E-state index in [2.05, 4.69) is 20.8 Å².